The van der Waals surface area contributed by atoms with Gasteiger partial charge in [0.2, 0.25) is 5.91 Å². The summed E-state index contributed by atoms with van der Waals surface area (Å²) in [5.74, 6) is 0.345. The molecule has 4 rings (SSSR count). The molecule has 152 valence electrons. The van der Waals surface area contributed by atoms with E-state index in [1.54, 1.807) is 24.3 Å². The van der Waals surface area contributed by atoms with E-state index in [4.69, 9.17) is 0 Å². The summed E-state index contributed by atoms with van der Waals surface area (Å²) in [4.78, 5) is 14.6. The van der Waals surface area contributed by atoms with Crippen LogP contribution in [0.25, 0.3) is 17.3 Å². The summed E-state index contributed by atoms with van der Waals surface area (Å²) in [7, 11) is 0. The zero-order chi connectivity index (χ0) is 20.9. The third-order valence-corrected chi connectivity index (χ3v) is 5.19. The molecule has 1 aliphatic rings. The number of halogens is 1. The molecule has 1 fully saturated rings. The molecule has 0 aliphatic carbocycles. The molecule has 1 N–H and O–H groups in total. The van der Waals surface area contributed by atoms with Crippen molar-refractivity contribution in [3.8, 4) is 11.3 Å². The summed E-state index contributed by atoms with van der Waals surface area (Å²) in [5.41, 5.74) is 2.61. The van der Waals surface area contributed by atoms with E-state index in [1.807, 2.05) is 49.4 Å². The number of hydrogen-bond donors (Lipinski definition) is 1. The molecule has 3 aromatic rings. The second kappa shape index (κ2) is 8.86. The van der Waals surface area contributed by atoms with E-state index in [1.165, 1.54) is 6.07 Å². The van der Waals surface area contributed by atoms with Crippen LogP contribution >= 0.6 is 0 Å². The zero-order valence-corrected chi connectivity index (χ0v) is 16.8. The lowest BCUT2D eigenvalue weighted by atomic mass is 10.1. The highest BCUT2D eigenvalue weighted by Crippen LogP contribution is 2.23. The summed E-state index contributed by atoms with van der Waals surface area (Å²) >= 11 is 0. The Kier molecular flexibility index (Phi) is 5.84. The van der Waals surface area contributed by atoms with Crippen LogP contribution in [0.5, 0.6) is 0 Å². The van der Waals surface area contributed by atoms with Crippen molar-refractivity contribution in [3.63, 3.8) is 0 Å². The molecule has 2 aromatic carbocycles. The van der Waals surface area contributed by atoms with Crippen LogP contribution in [-0.4, -0.2) is 35.2 Å². The molecule has 0 saturated carbocycles. The van der Waals surface area contributed by atoms with Crippen LogP contribution in [0.2, 0.25) is 0 Å². The van der Waals surface area contributed by atoms with Crippen molar-refractivity contribution in [1.29, 1.82) is 0 Å². The Morgan fingerprint density at radius 1 is 1.07 bits per heavy atom. The number of hydrogen-bond acceptors (Lipinski definition) is 4. The van der Waals surface area contributed by atoms with Crippen molar-refractivity contribution in [3.05, 3.63) is 83.7 Å². The highest BCUT2D eigenvalue weighted by atomic mass is 19.1. The highest BCUT2D eigenvalue weighted by Gasteiger charge is 2.25. The topological polar surface area (TPSA) is 58.1 Å². The maximum atomic E-state index is 13.9. The van der Waals surface area contributed by atoms with Crippen LogP contribution in [0.1, 0.15) is 18.9 Å². The van der Waals surface area contributed by atoms with Crippen LogP contribution < -0.4 is 10.2 Å². The third kappa shape index (κ3) is 4.54. The first kappa shape index (κ1) is 19.8. The fourth-order valence-electron chi connectivity index (χ4n) is 3.56. The minimum absolute atomic E-state index is 0.0460. The van der Waals surface area contributed by atoms with E-state index in [-0.39, 0.29) is 17.8 Å². The first-order valence-electron chi connectivity index (χ1n) is 9.98. The maximum absolute atomic E-state index is 13.9. The number of carbonyl (C=O) groups is 1. The summed E-state index contributed by atoms with van der Waals surface area (Å²) in [6.45, 7) is 3.26. The number of benzene rings is 2. The first-order chi connectivity index (χ1) is 14.6. The summed E-state index contributed by atoms with van der Waals surface area (Å²) in [5, 5.41) is 11.6. The van der Waals surface area contributed by atoms with Gasteiger partial charge < -0.3 is 10.2 Å². The SMILES string of the molecule is CC(=Cc1ccccc1)C(=O)NC1CCN(c2ccc(-c3ccccc3F)nn2)C1. The van der Waals surface area contributed by atoms with Crippen LogP contribution in [0.3, 0.4) is 0 Å². The Balaban J connectivity index is 1.37. The second-order valence-corrected chi connectivity index (χ2v) is 7.40. The molecule has 6 heteroatoms. The second-order valence-electron chi connectivity index (χ2n) is 7.40. The normalized spacial score (nSPS) is 16.5. The molecule has 0 spiro atoms. The molecule has 30 heavy (non-hydrogen) atoms. The van der Waals surface area contributed by atoms with Gasteiger partial charge in [-0.1, -0.05) is 42.5 Å². The number of carbonyl (C=O) groups excluding carboxylic acids is 1. The Labute approximate surface area is 175 Å². The number of nitrogens with zero attached hydrogens (tertiary/aromatic N) is 3. The molecular weight excluding hydrogens is 379 g/mol. The van der Waals surface area contributed by atoms with Gasteiger partial charge in [-0.15, -0.1) is 10.2 Å². The van der Waals surface area contributed by atoms with Crippen LogP contribution in [0, 0.1) is 5.82 Å². The number of rotatable bonds is 5. The molecule has 1 unspecified atom stereocenters. The Hall–Kier alpha value is -3.54. The number of anilines is 1. The van der Waals surface area contributed by atoms with Gasteiger partial charge in [0.05, 0.1) is 5.69 Å². The Bertz CT molecular complexity index is 1050. The molecule has 2 heterocycles. The van der Waals surface area contributed by atoms with Gasteiger partial charge in [-0.25, -0.2) is 4.39 Å². The van der Waals surface area contributed by atoms with E-state index in [0.717, 1.165) is 24.3 Å². The van der Waals surface area contributed by atoms with Crippen molar-refractivity contribution in [2.24, 2.45) is 0 Å². The van der Waals surface area contributed by atoms with Gasteiger partial charge in [0.15, 0.2) is 5.82 Å². The van der Waals surface area contributed by atoms with Gasteiger partial charge in [-0.05, 0) is 49.2 Å². The quantitative estimate of drug-likeness (QED) is 0.654. The summed E-state index contributed by atoms with van der Waals surface area (Å²) < 4.78 is 13.9. The lowest BCUT2D eigenvalue weighted by Gasteiger charge is -2.18. The molecule has 0 bridgehead atoms. The number of aromatic nitrogens is 2. The van der Waals surface area contributed by atoms with E-state index >= 15 is 0 Å². The zero-order valence-electron chi connectivity index (χ0n) is 16.8. The van der Waals surface area contributed by atoms with Crippen molar-refractivity contribution in [2.45, 2.75) is 19.4 Å². The van der Waals surface area contributed by atoms with Crippen molar-refractivity contribution >= 4 is 17.8 Å². The molecule has 0 radical (unpaired) electrons. The first-order valence-corrected chi connectivity index (χ1v) is 9.98. The van der Waals surface area contributed by atoms with Gasteiger partial charge >= 0.3 is 0 Å². The van der Waals surface area contributed by atoms with Crippen LogP contribution in [-0.2, 0) is 4.79 Å². The predicted octanol–water partition coefficient (Wildman–Crippen LogP) is 4.08. The van der Waals surface area contributed by atoms with E-state index in [9.17, 15) is 9.18 Å². The molecule has 5 nitrogen and oxygen atoms in total. The maximum Gasteiger partial charge on any atom is 0.247 e. The van der Waals surface area contributed by atoms with Crippen molar-refractivity contribution in [1.82, 2.24) is 15.5 Å². The van der Waals surface area contributed by atoms with Crippen LogP contribution in [0.15, 0.2) is 72.3 Å². The Morgan fingerprint density at radius 2 is 1.83 bits per heavy atom. The fourth-order valence-corrected chi connectivity index (χ4v) is 3.56. The number of amides is 1. The standard InChI is InChI=1S/C24H23FN4O/c1-17(15-18-7-3-2-4-8-18)24(30)26-19-13-14-29(16-19)23-12-11-22(27-28-23)20-9-5-6-10-21(20)25/h2-12,15,19H,13-14,16H2,1H3,(H,26,30). The third-order valence-electron chi connectivity index (χ3n) is 5.19. The Morgan fingerprint density at radius 3 is 2.57 bits per heavy atom. The molecule has 1 atom stereocenters. The van der Waals surface area contributed by atoms with Gasteiger partial charge in [0.25, 0.3) is 0 Å². The minimum atomic E-state index is -0.317. The molecule has 1 aromatic heterocycles. The lowest BCUT2D eigenvalue weighted by Crippen LogP contribution is -2.37. The molecule has 1 aliphatic heterocycles. The predicted molar refractivity (Wildman–Crippen MR) is 116 cm³/mol. The highest BCUT2D eigenvalue weighted by molar-refractivity contribution is 5.97. The fraction of sp³-hybridized carbons (Fsp3) is 0.208. The average molecular weight is 402 g/mol. The molecule has 1 amide bonds. The average Bonchev–Trinajstić information content (AvgIpc) is 3.23. The van der Waals surface area contributed by atoms with Gasteiger partial charge in [0.1, 0.15) is 5.82 Å². The van der Waals surface area contributed by atoms with Gasteiger partial charge in [0, 0.05) is 30.3 Å². The number of nitrogens with one attached hydrogen (secondary N) is 1. The minimum Gasteiger partial charge on any atom is -0.353 e. The monoisotopic (exact) mass is 402 g/mol. The van der Waals surface area contributed by atoms with Gasteiger partial charge in [-0.3, -0.25) is 4.79 Å². The summed E-state index contributed by atoms with van der Waals surface area (Å²) in [6, 6.07) is 20.0. The van der Waals surface area contributed by atoms with Gasteiger partial charge in [-0.2, -0.15) is 0 Å². The van der Waals surface area contributed by atoms with Crippen molar-refractivity contribution < 1.29 is 9.18 Å². The lowest BCUT2D eigenvalue weighted by molar-refractivity contribution is -0.117. The van der Waals surface area contributed by atoms with Crippen molar-refractivity contribution in [2.75, 3.05) is 18.0 Å². The van der Waals surface area contributed by atoms with Crippen LogP contribution in [0.4, 0.5) is 10.2 Å². The molecular formula is C24H23FN4O. The largest absolute Gasteiger partial charge is 0.353 e. The summed E-state index contributed by atoms with van der Waals surface area (Å²) in [6.07, 6.45) is 2.72. The molecule has 1 saturated heterocycles. The van der Waals surface area contributed by atoms with E-state index in [2.05, 4.69) is 20.4 Å². The van der Waals surface area contributed by atoms with E-state index < -0.39 is 0 Å². The smallest absolute Gasteiger partial charge is 0.247 e. The van der Waals surface area contributed by atoms with E-state index in [0.29, 0.717) is 23.4 Å².